The van der Waals surface area contributed by atoms with Crippen LogP contribution in [0.15, 0.2) is 32.0 Å². The molecule has 0 aliphatic carbocycles. The van der Waals surface area contributed by atoms with Crippen molar-refractivity contribution in [2.24, 2.45) is 32.0 Å². The molecule has 0 unspecified atom stereocenters. The minimum Gasteiger partial charge on any atom is -0.444 e. The summed E-state index contributed by atoms with van der Waals surface area (Å²) in [5.74, 6) is 0. The van der Waals surface area contributed by atoms with Crippen LogP contribution in [0.5, 0.6) is 0 Å². The fourth-order valence-corrected chi connectivity index (χ4v) is 0. The molecule has 1 radical (unpaired) electrons. The summed E-state index contributed by atoms with van der Waals surface area (Å²) in [5.41, 5.74) is 0. The second-order valence-electron chi connectivity index (χ2n) is 0.447. The third kappa shape index (κ3) is 259. The van der Waals surface area contributed by atoms with E-state index in [1.54, 1.807) is 0 Å². The van der Waals surface area contributed by atoms with E-state index in [9.17, 15) is 0 Å². The Labute approximate surface area is 110 Å². The summed E-state index contributed by atoms with van der Waals surface area (Å²) in [5, 5.41) is 54.0. The second kappa shape index (κ2) is 341. The first-order chi connectivity index (χ1) is 8.49. The van der Waals surface area contributed by atoms with Crippen LogP contribution in [0.1, 0.15) is 0 Å². The monoisotopic (exact) mass is 335 g/mol. The van der Waals surface area contributed by atoms with E-state index in [1.165, 1.54) is 0 Å². The van der Waals surface area contributed by atoms with E-state index in [0.717, 1.165) is 32.0 Å². The molecule has 19 heteroatoms. The number of hydrogen-bond acceptors (Lipinski definition) is 18. The summed E-state index contributed by atoms with van der Waals surface area (Å²) in [6, 6.07) is 0. The van der Waals surface area contributed by atoms with Gasteiger partial charge in [0.15, 0.2) is 0 Å². The van der Waals surface area contributed by atoms with E-state index >= 15 is 0 Å². The van der Waals surface area contributed by atoms with Crippen molar-refractivity contribution in [3.63, 3.8) is 0 Å². The summed E-state index contributed by atoms with van der Waals surface area (Å²) in [7, 11) is 0. The Balaban J connectivity index is -0.0000000180. The topological polar surface area (TPSA) is 315 Å². The van der Waals surface area contributed by atoms with Gasteiger partial charge in [0.05, 0.1) is 0 Å². The molecule has 0 rings (SSSR count). The Morgan fingerprint density at radius 1 is 0.368 bits per heavy atom. The third-order valence-corrected chi connectivity index (χ3v) is 0. The van der Waals surface area contributed by atoms with Crippen LogP contribution in [-0.4, -0.2) is 0 Å². The van der Waals surface area contributed by atoms with Crippen LogP contribution in [0, 0.1) is 60.7 Å². The van der Waals surface area contributed by atoms with Crippen LogP contribution < -0.4 is 0 Å². The Morgan fingerprint density at radius 2 is 0.368 bits per heavy atom. The zero-order chi connectivity index (χ0) is 16.2. The summed E-state index contributed by atoms with van der Waals surface area (Å²) in [6.07, 6.45) is 0. The van der Waals surface area contributed by atoms with Crippen LogP contribution in [-0.2, 0) is 16.8 Å². The zero-order valence-electron chi connectivity index (χ0n) is 7.92. The first-order valence-electron chi connectivity index (χ1n) is 2.19. The SMILES string of the molecule is O=N[O-].O=N[O-].O=N[O-].O=N[O-].O=N[O-].O=N[O-].[Co]. The molecule has 0 aromatic rings. The summed E-state index contributed by atoms with van der Waals surface area (Å²) in [6.45, 7) is 0. The quantitative estimate of drug-likeness (QED) is 0.448. The summed E-state index contributed by atoms with van der Waals surface area (Å²) >= 11 is 0. The fraction of sp³-hybridized carbons (Fsp3) is 0. The normalized spacial score (nSPS) is 3.79. The van der Waals surface area contributed by atoms with Gasteiger partial charge in [0.25, 0.3) is 0 Å². The smallest absolute Gasteiger partial charge is 0 e. The average Bonchev–Trinajstić information content (AvgIpc) is 2.23. The predicted molar refractivity (Wildman–Crippen MR) is 55.0 cm³/mol. The molecule has 0 saturated heterocycles. The first kappa shape index (κ1) is 44.6. The van der Waals surface area contributed by atoms with E-state index < -0.39 is 0 Å². The van der Waals surface area contributed by atoms with Crippen LogP contribution in [0.25, 0.3) is 0 Å². The van der Waals surface area contributed by atoms with Gasteiger partial charge in [0.1, 0.15) is 0 Å². The van der Waals surface area contributed by atoms with E-state index in [-0.39, 0.29) is 16.8 Å². The number of hydrogen-bond donors (Lipinski definition) is 0. The molecule has 18 nitrogen and oxygen atoms in total. The summed E-state index contributed by atoms with van der Waals surface area (Å²) < 4.78 is 0. The molecule has 0 saturated carbocycles. The van der Waals surface area contributed by atoms with Gasteiger partial charge in [-0.2, -0.15) is 0 Å². The largest absolute Gasteiger partial charge is 0.444 e. The fourth-order valence-electron chi connectivity index (χ4n) is 0. The molecule has 19 heavy (non-hydrogen) atoms. The molecular weight excluding hydrogens is 335 g/mol. The van der Waals surface area contributed by atoms with Crippen molar-refractivity contribution in [2.75, 3.05) is 0 Å². The van der Waals surface area contributed by atoms with Crippen molar-refractivity contribution >= 4 is 0 Å². The standard InChI is InChI=1S/Co.6HNO2/c;6*2-1-3/h;6*(H,2,3)/p-6. The van der Waals surface area contributed by atoms with Crippen molar-refractivity contribution in [1.82, 2.24) is 0 Å². The second-order valence-corrected chi connectivity index (χ2v) is 0.447. The molecule has 0 aromatic heterocycles. The molecule has 0 aromatic carbocycles. The molecule has 0 amide bonds. The van der Waals surface area contributed by atoms with Crippen molar-refractivity contribution in [3.8, 4) is 0 Å². The Kier molecular flexibility index (Phi) is 800. The Hall–Kier alpha value is -3.09. The van der Waals surface area contributed by atoms with Gasteiger partial charge in [-0.3, -0.25) is 0 Å². The van der Waals surface area contributed by atoms with E-state index in [0.29, 0.717) is 0 Å². The van der Waals surface area contributed by atoms with Gasteiger partial charge < -0.3 is 60.7 Å². The van der Waals surface area contributed by atoms with Crippen LogP contribution >= 0.6 is 0 Å². The molecule has 117 valence electrons. The van der Waals surface area contributed by atoms with Crippen LogP contribution in [0.2, 0.25) is 0 Å². The van der Waals surface area contributed by atoms with E-state index in [2.05, 4.69) is 0 Å². The maximum atomic E-state index is 8.00. The maximum Gasteiger partial charge on any atom is 0 e. The number of rotatable bonds is 0. The zero-order valence-corrected chi connectivity index (χ0v) is 8.96. The molecular formula is CoN6O12-6. The summed E-state index contributed by atoms with van der Waals surface area (Å²) in [4.78, 5) is 48.0. The van der Waals surface area contributed by atoms with Crippen LogP contribution in [0.4, 0.5) is 0 Å². The van der Waals surface area contributed by atoms with Crippen molar-refractivity contribution in [2.45, 2.75) is 0 Å². The third-order valence-electron chi connectivity index (χ3n) is 0. The van der Waals surface area contributed by atoms with Gasteiger partial charge in [-0.1, -0.05) is 0 Å². The van der Waals surface area contributed by atoms with Gasteiger partial charge in [-0.25, -0.2) is 0 Å². The minimum absolute atomic E-state index is 0. The first-order valence-corrected chi connectivity index (χ1v) is 2.19. The average molecular weight is 335 g/mol. The molecule has 0 atom stereocenters. The Bertz CT molecular complexity index is 114. The van der Waals surface area contributed by atoms with Crippen LogP contribution in [0.3, 0.4) is 0 Å². The Morgan fingerprint density at radius 3 is 0.368 bits per heavy atom. The van der Waals surface area contributed by atoms with E-state index in [4.69, 9.17) is 60.7 Å². The molecule has 0 fully saturated rings. The maximum absolute atomic E-state index is 8.00. The van der Waals surface area contributed by atoms with Gasteiger partial charge in [0.2, 0.25) is 0 Å². The molecule has 0 N–H and O–H groups in total. The van der Waals surface area contributed by atoms with Crippen molar-refractivity contribution < 1.29 is 16.8 Å². The molecule has 0 bridgehead atoms. The predicted octanol–water partition coefficient (Wildman–Crippen LogP) is 1.50. The van der Waals surface area contributed by atoms with Gasteiger partial charge in [-0.05, 0) is 0 Å². The van der Waals surface area contributed by atoms with E-state index in [1.807, 2.05) is 0 Å². The van der Waals surface area contributed by atoms with Crippen molar-refractivity contribution in [1.29, 1.82) is 0 Å². The molecule has 0 heterocycles. The molecule has 0 aliphatic rings. The van der Waals surface area contributed by atoms with Gasteiger partial charge in [-0.15, -0.1) is 32.0 Å². The van der Waals surface area contributed by atoms with Gasteiger partial charge in [0, 0.05) is 16.8 Å². The van der Waals surface area contributed by atoms with Crippen molar-refractivity contribution in [3.05, 3.63) is 60.7 Å². The molecule has 0 aliphatic heterocycles. The van der Waals surface area contributed by atoms with Gasteiger partial charge >= 0.3 is 0 Å². The number of nitrogens with zero attached hydrogens (tertiary/aromatic N) is 6. The molecule has 0 spiro atoms. The minimum atomic E-state index is 0.